The van der Waals surface area contributed by atoms with Crippen molar-refractivity contribution in [2.45, 2.75) is 55.4 Å². The summed E-state index contributed by atoms with van der Waals surface area (Å²) in [6.07, 6.45) is 5.85. The molecule has 0 amide bonds. The van der Waals surface area contributed by atoms with Crippen LogP contribution in [0.25, 0.3) is 0 Å². The van der Waals surface area contributed by atoms with Crippen molar-refractivity contribution >= 4 is 11.5 Å². The maximum atomic E-state index is 13.0. The number of nitrogens with zero attached hydrogens (tertiary/aromatic N) is 1. The second kappa shape index (κ2) is 7.19. The first-order valence-corrected chi connectivity index (χ1v) is 9.20. The van der Waals surface area contributed by atoms with Crippen LogP contribution in [0.2, 0.25) is 0 Å². The molecule has 1 aliphatic carbocycles. The van der Waals surface area contributed by atoms with E-state index in [2.05, 4.69) is 77.7 Å². The van der Waals surface area contributed by atoms with E-state index in [9.17, 15) is 4.79 Å². The molecule has 0 saturated carbocycles. The number of Topliss-reactive ketones (excluding diaryl/α,β-unsaturated/α-hetero) is 1. The summed E-state index contributed by atoms with van der Waals surface area (Å²) in [5, 5.41) is 0. The molecule has 0 fully saturated rings. The minimum Gasteiger partial charge on any atom is -0.289 e. The number of carbonyl (C=O) groups is 1. The van der Waals surface area contributed by atoms with E-state index >= 15 is 0 Å². The molecule has 0 aromatic heterocycles. The molecule has 1 aliphatic rings. The first-order valence-electron chi connectivity index (χ1n) is 9.20. The molecule has 0 bridgehead atoms. The Morgan fingerprint density at radius 3 is 1.77 bits per heavy atom. The molecule has 2 rings (SSSR count). The summed E-state index contributed by atoms with van der Waals surface area (Å²) < 4.78 is 0. The zero-order valence-electron chi connectivity index (χ0n) is 17.4. The number of aryl methyl sites for hydroxylation is 1. The third-order valence-corrected chi connectivity index (χ3v) is 4.60. The molecule has 0 heterocycles. The Morgan fingerprint density at radius 2 is 1.35 bits per heavy atom. The Hall–Kier alpha value is -2.22. The summed E-state index contributed by atoms with van der Waals surface area (Å²) in [5.74, 6) is 0.154. The van der Waals surface area contributed by atoms with Gasteiger partial charge in [0.15, 0.2) is 5.78 Å². The molecule has 1 aromatic carbocycles. The lowest BCUT2D eigenvalue weighted by atomic mass is 9.72. The minimum absolute atomic E-state index is 0.154. The number of rotatable bonds is 2. The largest absolute Gasteiger partial charge is 0.289 e. The second-order valence-electron chi connectivity index (χ2n) is 9.15. The van der Waals surface area contributed by atoms with Gasteiger partial charge >= 0.3 is 0 Å². The average molecular weight is 350 g/mol. The molecule has 0 unspecified atom stereocenters. The highest BCUT2D eigenvalue weighted by atomic mass is 16.1. The van der Waals surface area contributed by atoms with Crippen molar-refractivity contribution in [3.8, 4) is 0 Å². The van der Waals surface area contributed by atoms with Crippen LogP contribution in [0.3, 0.4) is 0 Å². The third kappa shape index (κ3) is 4.69. The molecule has 0 atom stereocenters. The fourth-order valence-corrected chi connectivity index (χ4v) is 2.88. The minimum atomic E-state index is -0.198. The Balaban J connectivity index is 2.47. The maximum absolute atomic E-state index is 13.0. The van der Waals surface area contributed by atoms with Crippen LogP contribution >= 0.6 is 0 Å². The SMILES string of the molecule is C/C(=N/C=C1C=C(C(C)(C)C)C(=O)C(C(C)(C)C)=C1)c1ccc(C)cc1. The van der Waals surface area contributed by atoms with Crippen LogP contribution in [0.4, 0.5) is 0 Å². The molecule has 1 aromatic rings. The lowest BCUT2D eigenvalue weighted by Gasteiger charge is -2.31. The fourth-order valence-electron chi connectivity index (χ4n) is 2.88. The predicted octanol–water partition coefficient (Wildman–Crippen LogP) is 6.22. The van der Waals surface area contributed by atoms with Gasteiger partial charge in [-0.25, -0.2) is 0 Å². The standard InChI is InChI=1S/C24H31NO/c1-16-9-11-19(12-10-16)17(2)25-15-18-13-20(23(3,4)5)22(26)21(14-18)24(6,7)8/h9-15H,1-8H3/b25-17-. The topological polar surface area (TPSA) is 29.4 Å². The van der Waals surface area contributed by atoms with E-state index in [-0.39, 0.29) is 16.6 Å². The Labute approximate surface area is 158 Å². The second-order valence-corrected chi connectivity index (χ2v) is 9.15. The number of carbonyl (C=O) groups excluding carboxylic acids is 1. The highest BCUT2D eigenvalue weighted by Gasteiger charge is 2.33. The van der Waals surface area contributed by atoms with E-state index in [1.54, 1.807) is 0 Å². The van der Waals surface area contributed by atoms with Gasteiger partial charge in [0, 0.05) is 23.1 Å². The van der Waals surface area contributed by atoms with Gasteiger partial charge < -0.3 is 0 Å². The highest BCUT2D eigenvalue weighted by Crippen LogP contribution is 2.38. The molecular weight excluding hydrogens is 318 g/mol. The van der Waals surface area contributed by atoms with Crippen molar-refractivity contribution in [3.63, 3.8) is 0 Å². The van der Waals surface area contributed by atoms with Crippen LogP contribution in [-0.2, 0) is 4.79 Å². The molecule has 138 valence electrons. The zero-order chi connectivity index (χ0) is 19.7. The number of aliphatic imine (C=N–C) groups is 1. The summed E-state index contributed by atoms with van der Waals surface area (Å²) in [6, 6.07) is 8.36. The van der Waals surface area contributed by atoms with Gasteiger partial charge in [-0.1, -0.05) is 71.4 Å². The Morgan fingerprint density at radius 1 is 0.885 bits per heavy atom. The summed E-state index contributed by atoms with van der Waals surface area (Å²) >= 11 is 0. The van der Waals surface area contributed by atoms with Crippen molar-refractivity contribution < 1.29 is 4.79 Å². The summed E-state index contributed by atoms with van der Waals surface area (Å²) in [5.41, 5.74) is 5.59. The zero-order valence-corrected chi connectivity index (χ0v) is 17.4. The van der Waals surface area contributed by atoms with E-state index in [0.717, 1.165) is 28.0 Å². The Kier molecular flexibility index (Phi) is 5.55. The average Bonchev–Trinajstić information content (AvgIpc) is 2.52. The molecule has 0 spiro atoms. The van der Waals surface area contributed by atoms with E-state index in [4.69, 9.17) is 0 Å². The molecule has 2 heteroatoms. The normalized spacial score (nSPS) is 16.4. The summed E-state index contributed by atoms with van der Waals surface area (Å²) in [6.45, 7) is 16.6. The number of benzene rings is 1. The van der Waals surface area contributed by atoms with Gasteiger partial charge in [0.25, 0.3) is 0 Å². The molecule has 0 N–H and O–H groups in total. The van der Waals surface area contributed by atoms with E-state index in [1.165, 1.54) is 5.56 Å². The quantitative estimate of drug-likeness (QED) is 0.583. The molecule has 0 radical (unpaired) electrons. The van der Waals surface area contributed by atoms with Crippen LogP contribution in [0, 0.1) is 17.8 Å². The van der Waals surface area contributed by atoms with Gasteiger partial charge in [0.05, 0.1) is 0 Å². The van der Waals surface area contributed by atoms with Gasteiger partial charge in [0.1, 0.15) is 0 Å². The lowest BCUT2D eigenvalue weighted by molar-refractivity contribution is -0.114. The monoisotopic (exact) mass is 349 g/mol. The van der Waals surface area contributed by atoms with Crippen molar-refractivity contribution in [2.24, 2.45) is 15.8 Å². The number of ketones is 1. The Bertz CT molecular complexity index is 780. The van der Waals surface area contributed by atoms with Crippen molar-refractivity contribution in [1.29, 1.82) is 0 Å². The highest BCUT2D eigenvalue weighted by molar-refractivity contribution is 6.11. The van der Waals surface area contributed by atoms with Crippen LogP contribution in [-0.4, -0.2) is 11.5 Å². The van der Waals surface area contributed by atoms with Gasteiger partial charge in [-0.2, -0.15) is 0 Å². The predicted molar refractivity (Wildman–Crippen MR) is 112 cm³/mol. The molecule has 0 aliphatic heterocycles. The fraction of sp³-hybridized carbons (Fsp3) is 0.417. The van der Waals surface area contributed by atoms with Crippen LogP contribution < -0.4 is 0 Å². The van der Waals surface area contributed by atoms with Crippen LogP contribution in [0.15, 0.2) is 64.3 Å². The summed E-state index contributed by atoms with van der Waals surface area (Å²) in [4.78, 5) is 17.6. The smallest absolute Gasteiger partial charge is 0.186 e. The van der Waals surface area contributed by atoms with Crippen molar-refractivity contribution in [2.75, 3.05) is 0 Å². The number of hydrogen-bond acceptors (Lipinski definition) is 2. The first kappa shape index (κ1) is 20.1. The van der Waals surface area contributed by atoms with Crippen molar-refractivity contribution in [1.82, 2.24) is 0 Å². The van der Waals surface area contributed by atoms with Gasteiger partial charge in [0.2, 0.25) is 0 Å². The lowest BCUT2D eigenvalue weighted by Crippen LogP contribution is -2.27. The van der Waals surface area contributed by atoms with Crippen LogP contribution in [0.5, 0.6) is 0 Å². The molecule has 2 nitrogen and oxygen atoms in total. The van der Waals surface area contributed by atoms with Crippen LogP contribution in [0.1, 0.15) is 59.6 Å². The van der Waals surface area contributed by atoms with Gasteiger partial charge in [-0.05, 0) is 48.0 Å². The number of hydrogen-bond donors (Lipinski definition) is 0. The van der Waals surface area contributed by atoms with Gasteiger partial charge in [-0.3, -0.25) is 9.79 Å². The molecular formula is C24H31NO. The van der Waals surface area contributed by atoms with Gasteiger partial charge in [-0.15, -0.1) is 0 Å². The van der Waals surface area contributed by atoms with E-state index in [0.29, 0.717) is 0 Å². The molecule has 0 saturated heterocycles. The van der Waals surface area contributed by atoms with E-state index < -0.39 is 0 Å². The number of allylic oxidation sites excluding steroid dienone is 5. The van der Waals surface area contributed by atoms with Crippen molar-refractivity contribution in [3.05, 3.63) is 70.5 Å². The maximum Gasteiger partial charge on any atom is 0.186 e. The third-order valence-electron chi connectivity index (χ3n) is 4.60. The first-order chi connectivity index (χ1) is 11.9. The van der Waals surface area contributed by atoms with E-state index in [1.807, 2.05) is 25.3 Å². The summed E-state index contributed by atoms with van der Waals surface area (Å²) in [7, 11) is 0. The molecule has 26 heavy (non-hydrogen) atoms.